The summed E-state index contributed by atoms with van der Waals surface area (Å²) in [5, 5.41) is 9.63. The van der Waals surface area contributed by atoms with E-state index in [9.17, 15) is 19.6 Å². The van der Waals surface area contributed by atoms with Crippen molar-refractivity contribution in [2.24, 2.45) is 0 Å². The zero-order valence-electron chi connectivity index (χ0n) is 21.6. The Balaban J connectivity index is 2.01. The third-order valence-electron chi connectivity index (χ3n) is 6.28. The summed E-state index contributed by atoms with van der Waals surface area (Å²) in [6, 6.07) is 11.6. The van der Waals surface area contributed by atoms with Crippen LogP contribution in [-0.4, -0.2) is 41.9 Å². The van der Waals surface area contributed by atoms with Crippen LogP contribution in [0.5, 0.6) is 5.75 Å². The van der Waals surface area contributed by atoms with Crippen LogP contribution in [0.2, 0.25) is 0 Å². The summed E-state index contributed by atoms with van der Waals surface area (Å²) >= 11 is 0. The smallest absolute Gasteiger partial charge is 0.252 e. The summed E-state index contributed by atoms with van der Waals surface area (Å²) in [7, 11) is 3.02. The Labute approximate surface area is 216 Å². The first-order chi connectivity index (χ1) is 17.9. The minimum Gasteiger partial charge on any atom is -0.495 e. The number of ketones is 2. The molecule has 3 aromatic rings. The van der Waals surface area contributed by atoms with E-state index in [1.807, 2.05) is 19.1 Å². The molecule has 8 nitrogen and oxygen atoms in total. The van der Waals surface area contributed by atoms with Crippen LogP contribution in [0.4, 0.5) is 0 Å². The summed E-state index contributed by atoms with van der Waals surface area (Å²) < 4.78 is 12.2. The number of ether oxygens (including phenoxy) is 2. The van der Waals surface area contributed by atoms with Crippen LogP contribution in [0.1, 0.15) is 59.9 Å². The molecule has 1 unspecified atom stereocenters. The Kier molecular flexibility index (Phi) is 9.47. The van der Waals surface area contributed by atoms with Gasteiger partial charge in [0, 0.05) is 49.9 Å². The van der Waals surface area contributed by atoms with Crippen molar-refractivity contribution >= 4 is 11.6 Å². The number of aryl methyl sites for hydroxylation is 1. The number of nitriles is 1. The first kappa shape index (κ1) is 27.5. The van der Waals surface area contributed by atoms with Crippen LogP contribution in [0, 0.1) is 11.3 Å². The van der Waals surface area contributed by atoms with E-state index >= 15 is 0 Å². The molecule has 0 amide bonds. The molecule has 0 aliphatic heterocycles. The van der Waals surface area contributed by atoms with E-state index in [-0.39, 0.29) is 31.0 Å². The molecule has 2 heterocycles. The molecule has 2 aromatic heterocycles. The lowest BCUT2D eigenvalue weighted by atomic mass is 9.96. The number of hydrogen-bond donors (Lipinski definition) is 0. The van der Waals surface area contributed by atoms with Crippen LogP contribution < -0.4 is 10.3 Å². The minimum atomic E-state index is -0.801. The topological polar surface area (TPSA) is 111 Å². The predicted molar refractivity (Wildman–Crippen MR) is 140 cm³/mol. The van der Waals surface area contributed by atoms with Crippen LogP contribution in [-0.2, 0) is 22.4 Å². The Bertz CT molecular complexity index is 1370. The van der Waals surface area contributed by atoms with E-state index in [2.05, 4.69) is 11.1 Å². The highest BCUT2D eigenvalue weighted by Crippen LogP contribution is 2.33. The van der Waals surface area contributed by atoms with Crippen molar-refractivity contribution in [3.05, 3.63) is 81.5 Å². The Morgan fingerprint density at radius 3 is 2.43 bits per heavy atom. The highest BCUT2D eigenvalue weighted by molar-refractivity contribution is 5.94. The number of aromatic nitrogens is 2. The van der Waals surface area contributed by atoms with Crippen molar-refractivity contribution in [3.63, 3.8) is 0 Å². The van der Waals surface area contributed by atoms with Crippen molar-refractivity contribution in [1.29, 1.82) is 5.26 Å². The summed E-state index contributed by atoms with van der Waals surface area (Å²) in [5.41, 5.74) is 3.16. The second kappa shape index (κ2) is 12.7. The van der Waals surface area contributed by atoms with Gasteiger partial charge in [-0.25, -0.2) is 0 Å². The first-order valence-corrected chi connectivity index (χ1v) is 12.2. The zero-order chi connectivity index (χ0) is 26.9. The lowest BCUT2D eigenvalue weighted by Crippen LogP contribution is -2.31. The molecule has 0 N–H and O–H groups in total. The quantitative estimate of drug-likeness (QED) is 0.340. The van der Waals surface area contributed by atoms with Crippen molar-refractivity contribution in [1.82, 2.24) is 9.55 Å². The van der Waals surface area contributed by atoms with Gasteiger partial charge in [0.2, 0.25) is 0 Å². The molecular formula is C29H31N3O5. The predicted octanol–water partition coefficient (Wildman–Crippen LogP) is 4.34. The Morgan fingerprint density at radius 2 is 1.84 bits per heavy atom. The van der Waals surface area contributed by atoms with Gasteiger partial charge >= 0.3 is 0 Å². The third kappa shape index (κ3) is 6.38. The number of pyridine rings is 2. The fourth-order valence-corrected chi connectivity index (χ4v) is 4.16. The van der Waals surface area contributed by atoms with Gasteiger partial charge in [-0.1, -0.05) is 26.0 Å². The van der Waals surface area contributed by atoms with Crippen LogP contribution in [0.3, 0.4) is 0 Å². The van der Waals surface area contributed by atoms with E-state index < -0.39 is 11.6 Å². The summed E-state index contributed by atoms with van der Waals surface area (Å²) in [6.45, 7) is 4.05. The lowest BCUT2D eigenvalue weighted by molar-refractivity contribution is -0.122. The molecule has 37 heavy (non-hydrogen) atoms. The third-order valence-corrected chi connectivity index (χ3v) is 6.28. The van der Waals surface area contributed by atoms with Crippen LogP contribution in [0.15, 0.2) is 53.6 Å². The summed E-state index contributed by atoms with van der Waals surface area (Å²) in [4.78, 5) is 42.7. The Morgan fingerprint density at radius 1 is 1.08 bits per heavy atom. The summed E-state index contributed by atoms with van der Waals surface area (Å²) in [6.07, 6.45) is 4.49. The van der Waals surface area contributed by atoms with Gasteiger partial charge < -0.3 is 14.0 Å². The number of nitrogens with zero attached hydrogens (tertiary/aromatic N) is 3. The Hall–Kier alpha value is -4.09. The molecule has 0 spiro atoms. The standard InChI is InChI=1S/C29H31N3O5/c1-5-19-7-9-21(16-30)22(13-19)23-15-29(35)32(18-28(23)37-4)25(11-12-36-3)27(34)14-20-8-10-24(31-17-20)26(33)6-2/h7-10,13,15,17-18,25H,5-6,11-12,14H2,1-4H3. The fraction of sp³-hybridized carbons (Fsp3) is 0.345. The molecule has 0 saturated heterocycles. The molecule has 1 aromatic carbocycles. The average molecular weight is 502 g/mol. The summed E-state index contributed by atoms with van der Waals surface area (Å²) in [5.74, 6) is 0.110. The van der Waals surface area contributed by atoms with E-state index in [4.69, 9.17) is 9.47 Å². The van der Waals surface area contributed by atoms with Gasteiger partial charge in [0.25, 0.3) is 5.56 Å². The molecule has 0 radical (unpaired) electrons. The molecule has 8 heteroatoms. The average Bonchev–Trinajstić information content (AvgIpc) is 2.93. The van der Waals surface area contributed by atoms with E-state index in [0.717, 1.165) is 12.0 Å². The van der Waals surface area contributed by atoms with E-state index in [1.165, 1.54) is 37.2 Å². The highest BCUT2D eigenvalue weighted by atomic mass is 16.5. The van der Waals surface area contributed by atoms with Gasteiger partial charge in [-0.3, -0.25) is 19.4 Å². The van der Waals surface area contributed by atoms with Gasteiger partial charge in [-0.15, -0.1) is 0 Å². The number of hydrogen-bond acceptors (Lipinski definition) is 7. The molecule has 0 saturated carbocycles. The first-order valence-electron chi connectivity index (χ1n) is 12.2. The van der Waals surface area contributed by atoms with E-state index in [0.29, 0.717) is 40.1 Å². The normalized spacial score (nSPS) is 11.5. The molecule has 0 bridgehead atoms. The van der Waals surface area contributed by atoms with E-state index in [1.54, 1.807) is 25.1 Å². The second-order valence-corrected chi connectivity index (χ2v) is 8.62. The van der Waals surface area contributed by atoms with Gasteiger partial charge in [0.1, 0.15) is 11.4 Å². The second-order valence-electron chi connectivity index (χ2n) is 8.62. The van der Waals surface area contributed by atoms with Crippen molar-refractivity contribution in [2.75, 3.05) is 20.8 Å². The van der Waals surface area contributed by atoms with Crippen molar-refractivity contribution in [2.45, 2.75) is 45.6 Å². The largest absolute Gasteiger partial charge is 0.495 e. The fourth-order valence-electron chi connectivity index (χ4n) is 4.16. The molecule has 0 aliphatic rings. The maximum absolute atomic E-state index is 13.4. The highest BCUT2D eigenvalue weighted by Gasteiger charge is 2.24. The van der Waals surface area contributed by atoms with Gasteiger partial charge in [0.05, 0.1) is 31.0 Å². The van der Waals surface area contributed by atoms with Gasteiger partial charge in [-0.05, 0) is 42.2 Å². The molecule has 1 atom stereocenters. The molecule has 192 valence electrons. The maximum Gasteiger partial charge on any atom is 0.252 e. The number of carbonyl (C=O) groups is 2. The van der Waals surface area contributed by atoms with Crippen molar-refractivity contribution < 1.29 is 19.1 Å². The SMILES string of the molecule is CCC(=O)c1ccc(CC(=O)C(CCOC)n2cc(OC)c(-c3cc(CC)ccc3C#N)cc2=O)cn1. The number of benzene rings is 1. The van der Waals surface area contributed by atoms with Crippen LogP contribution >= 0.6 is 0 Å². The number of carbonyl (C=O) groups excluding carboxylic acids is 2. The van der Waals surface area contributed by atoms with Crippen molar-refractivity contribution in [3.8, 4) is 22.9 Å². The monoisotopic (exact) mass is 501 g/mol. The molecule has 0 aliphatic carbocycles. The molecular weight excluding hydrogens is 470 g/mol. The number of Topliss-reactive ketones (excluding diaryl/α,β-unsaturated/α-hetero) is 2. The molecule has 3 rings (SSSR count). The maximum atomic E-state index is 13.4. The van der Waals surface area contributed by atoms with Gasteiger partial charge in [-0.2, -0.15) is 5.26 Å². The molecule has 0 fully saturated rings. The number of methoxy groups -OCH3 is 2. The minimum absolute atomic E-state index is 0.0373. The lowest BCUT2D eigenvalue weighted by Gasteiger charge is -2.21. The van der Waals surface area contributed by atoms with Gasteiger partial charge in [0.15, 0.2) is 11.6 Å². The van der Waals surface area contributed by atoms with Crippen LogP contribution in [0.25, 0.3) is 11.1 Å². The zero-order valence-corrected chi connectivity index (χ0v) is 21.6. The number of rotatable bonds is 12.